The van der Waals surface area contributed by atoms with E-state index in [2.05, 4.69) is 87.2 Å². The molecule has 0 N–H and O–H groups in total. The van der Waals surface area contributed by atoms with E-state index >= 15 is 0 Å². The normalized spacial score (nSPS) is 12.2. The predicted molar refractivity (Wildman–Crippen MR) is 87.9 cm³/mol. The number of benzene rings is 2. The molecule has 0 aliphatic rings. The fourth-order valence-corrected chi connectivity index (χ4v) is 3.07. The third kappa shape index (κ3) is 2.46. The highest BCUT2D eigenvalue weighted by atomic mass is 14.4. The lowest BCUT2D eigenvalue weighted by Crippen LogP contribution is -2.28. The van der Waals surface area contributed by atoms with Crippen molar-refractivity contribution < 1.29 is 0 Å². The van der Waals surface area contributed by atoms with Crippen LogP contribution in [0.4, 0.5) is 0 Å². The number of allylic oxidation sites excluding steroid dienone is 3. The topological polar surface area (TPSA) is 0 Å². The molecule has 0 heteroatoms. The van der Waals surface area contributed by atoms with Gasteiger partial charge in [0.05, 0.1) is 0 Å². The maximum absolute atomic E-state index is 3.86. The second-order valence-corrected chi connectivity index (χ2v) is 5.08. The van der Waals surface area contributed by atoms with E-state index < -0.39 is 0 Å². The molecule has 0 saturated carbocycles. The Labute approximate surface area is 122 Å². The van der Waals surface area contributed by atoms with Crippen LogP contribution in [0.15, 0.2) is 85.0 Å². The summed E-state index contributed by atoms with van der Waals surface area (Å²) in [5, 5.41) is 0. The average Bonchev–Trinajstić information content (AvgIpc) is 2.51. The summed E-state index contributed by atoms with van der Waals surface area (Å²) in [6, 6.07) is 21.5. The third-order valence-corrected chi connectivity index (χ3v) is 4.10. The first kappa shape index (κ1) is 14.3. The standard InChI is InChI=1S/C20H22/c1-4-12-17(3)20(5-2,18-13-8-6-9-14-18)19-15-10-7-11-16-19/h4,6-16H,1,5H2,2-3H3/b17-12+. The summed E-state index contributed by atoms with van der Waals surface area (Å²) in [6.45, 7) is 8.31. The minimum atomic E-state index is -0.0727. The molecule has 0 unspecified atom stereocenters. The van der Waals surface area contributed by atoms with E-state index in [4.69, 9.17) is 0 Å². The zero-order chi connectivity index (χ0) is 14.4. The molecule has 2 aromatic rings. The average molecular weight is 262 g/mol. The van der Waals surface area contributed by atoms with Crippen LogP contribution >= 0.6 is 0 Å². The molecule has 0 aromatic heterocycles. The minimum Gasteiger partial charge on any atom is -0.0991 e. The van der Waals surface area contributed by atoms with Crippen LogP contribution < -0.4 is 0 Å². The van der Waals surface area contributed by atoms with Crippen molar-refractivity contribution in [2.45, 2.75) is 25.7 Å². The van der Waals surface area contributed by atoms with Crippen molar-refractivity contribution in [3.8, 4) is 0 Å². The highest BCUT2D eigenvalue weighted by Crippen LogP contribution is 2.41. The lowest BCUT2D eigenvalue weighted by atomic mass is 9.67. The van der Waals surface area contributed by atoms with Gasteiger partial charge in [0.25, 0.3) is 0 Å². The Morgan fingerprint density at radius 2 is 1.40 bits per heavy atom. The van der Waals surface area contributed by atoms with Gasteiger partial charge in [-0.3, -0.25) is 0 Å². The second kappa shape index (κ2) is 6.38. The smallest absolute Gasteiger partial charge is 0.0408 e. The molecule has 0 fully saturated rings. The molecule has 102 valence electrons. The van der Waals surface area contributed by atoms with Gasteiger partial charge < -0.3 is 0 Å². The molecular formula is C20H22. The van der Waals surface area contributed by atoms with Crippen molar-refractivity contribution in [2.75, 3.05) is 0 Å². The van der Waals surface area contributed by atoms with Gasteiger partial charge in [0.1, 0.15) is 0 Å². The Morgan fingerprint density at radius 3 is 1.75 bits per heavy atom. The van der Waals surface area contributed by atoms with Gasteiger partial charge in [-0.1, -0.05) is 91.9 Å². The molecule has 0 atom stereocenters. The van der Waals surface area contributed by atoms with Gasteiger partial charge in [0.2, 0.25) is 0 Å². The maximum Gasteiger partial charge on any atom is 0.0408 e. The zero-order valence-electron chi connectivity index (χ0n) is 12.3. The molecule has 0 bridgehead atoms. The van der Waals surface area contributed by atoms with Crippen molar-refractivity contribution in [3.05, 3.63) is 96.1 Å². The summed E-state index contributed by atoms with van der Waals surface area (Å²) in [5.41, 5.74) is 3.93. The molecule has 20 heavy (non-hydrogen) atoms. The van der Waals surface area contributed by atoms with Crippen LogP contribution in [0.2, 0.25) is 0 Å². The maximum atomic E-state index is 3.86. The summed E-state index contributed by atoms with van der Waals surface area (Å²) in [7, 11) is 0. The van der Waals surface area contributed by atoms with E-state index in [0.717, 1.165) is 6.42 Å². The summed E-state index contributed by atoms with van der Waals surface area (Å²) in [4.78, 5) is 0. The Morgan fingerprint density at radius 1 is 0.950 bits per heavy atom. The summed E-state index contributed by atoms with van der Waals surface area (Å²) < 4.78 is 0. The molecule has 0 amide bonds. The van der Waals surface area contributed by atoms with Gasteiger partial charge in [0, 0.05) is 5.41 Å². The van der Waals surface area contributed by atoms with Crippen molar-refractivity contribution >= 4 is 0 Å². The molecule has 0 nitrogen and oxygen atoms in total. The number of rotatable bonds is 5. The van der Waals surface area contributed by atoms with Crippen molar-refractivity contribution in [2.24, 2.45) is 0 Å². The molecule has 0 heterocycles. The fraction of sp³-hybridized carbons (Fsp3) is 0.200. The van der Waals surface area contributed by atoms with Gasteiger partial charge >= 0.3 is 0 Å². The van der Waals surface area contributed by atoms with E-state index in [1.54, 1.807) is 0 Å². The molecule has 2 aromatic carbocycles. The summed E-state index contributed by atoms with van der Waals surface area (Å²) in [6.07, 6.45) is 5.03. The van der Waals surface area contributed by atoms with Crippen LogP contribution in [0.1, 0.15) is 31.4 Å². The minimum absolute atomic E-state index is 0.0727. The largest absolute Gasteiger partial charge is 0.0991 e. The molecular weight excluding hydrogens is 240 g/mol. The highest BCUT2D eigenvalue weighted by molar-refractivity contribution is 5.48. The molecule has 0 aliphatic carbocycles. The Kier molecular flexibility index (Phi) is 4.57. The molecule has 0 radical (unpaired) electrons. The van der Waals surface area contributed by atoms with Gasteiger partial charge in [-0.25, -0.2) is 0 Å². The third-order valence-electron chi connectivity index (χ3n) is 4.10. The van der Waals surface area contributed by atoms with Crippen LogP contribution in [0, 0.1) is 0 Å². The van der Waals surface area contributed by atoms with Gasteiger partial charge in [0.15, 0.2) is 0 Å². The van der Waals surface area contributed by atoms with Gasteiger partial charge in [-0.15, -0.1) is 0 Å². The SMILES string of the molecule is C=C/C=C(\C)C(CC)(c1ccccc1)c1ccccc1. The van der Waals surface area contributed by atoms with Crippen LogP contribution in [0.5, 0.6) is 0 Å². The molecule has 0 saturated heterocycles. The quantitative estimate of drug-likeness (QED) is 0.623. The monoisotopic (exact) mass is 262 g/mol. The first-order chi connectivity index (χ1) is 9.75. The summed E-state index contributed by atoms with van der Waals surface area (Å²) in [5.74, 6) is 0. The summed E-state index contributed by atoms with van der Waals surface area (Å²) >= 11 is 0. The highest BCUT2D eigenvalue weighted by Gasteiger charge is 2.33. The molecule has 0 aliphatic heterocycles. The van der Waals surface area contributed by atoms with E-state index in [1.807, 2.05) is 6.08 Å². The van der Waals surface area contributed by atoms with Gasteiger partial charge in [-0.2, -0.15) is 0 Å². The second-order valence-electron chi connectivity index (χ2n) is 5.08. The fourth-order valence-electron chi connectivity index (χ4n) is 3.07. The lowest BCUT2D eigenvalue weighted by Gasteiger charge is -2.35. The van der Waals surface area contributed by atoms with E-state index in [9.17, 15) is 0 Å². The van der Waals surface area contributed by atoms with E-state index in [0.29, 0.717) is 0 Å². The predicted octanol–water partition coefficient (Wildman–Crippen LogP) is 5.52. The Hall–Kier alpha value is -2.08. The first-order valence-electron chi connectivity index (χ1n) is 7.16. The first-order valence-corrected chi connectivity index (χ1v) is 7.16. The number of hydrogen-bond acceptors (Lipinski definition) is 0. The zero-order valence-corrected chi connectivity index (χ0v) is 12.3. The van der Waals surface area contributed by atoms with Crippen molar-refractivity contribution in [1.29, 1.82) is 0 Å². The molecule has 2 rings (SSSR count). The van der Waals surface area contributed by atoms with Crippen molar-refractivity contribution in [3.63, 3.8) is 0 Å². The Balaban J connectivity index is 2.71. The van der Waals surface area contributed by atoms with Crippen LogP contribution in [0.25, 0.3) is 0 Å². The molecule has 0 spiro atoms. The van der Waals surface area contributed by atoms with Crippen LogP contribution in [-0.2, 0) is 5.41 Å². The van der Waals surface area contributed by atoms with Crippen LogP contribution in [-0.4, -0.2) is 0 Å². The Bertz CT molecular complexity index is 536. The lowest BCUT2D eigenvalue weighted by molar-refractivity contribution is 0.580. The van der Waals surface area contributed by atoms with Gasteiger partial charge in [-0.05, 0) is 24.5 Å². The van der Waals surface area contributed by atoms with Crippen LogP contribution in [0.3, 0.4) is 0 Å². The van der Waals surface area contributed by atoms with E-state index in [-0.39, 0.29) is 5.41 Å². The van der Waals surface area contributed by atoms with Crippen molar-refractivity contribution in [1.82, 2.24) is 0 Å². The van der Waals surface area contributed by atoms with E-state index in [1.165, 1.54) is 16.7 Å². The number of hydrogen-bond donors (Lipinski definition) is 0.